The molecular formula is C27H34N2O6. The van der Waals surface area contributed by atoms with Gasteiger partial charge in [-0.1, -0.05) is 69.3 Å². The highest BCUT2D eigenvalue weighted by atomic mass is 16.5. The van der Waals surface area contributed by atoms with Gasteiger partial charge in [-0.2, -0.15) is 0 Å². The molecule has 0 aromatic heterocycles. The molecule has 0 heterocycles. The maximum Gasteiger partial charge on any atom is 0.407 e. The van der Waals surface area contributed by atoms with Gasteiger partial charge in [-0.25, -0.2) is 9.59 Å². The van der Waals surface area contributed by atoms with Crippen LogP contribution in [0.5, 0.6) is 0 Å². The highest BCUT2D eigenvalue weighted by Gasteiger charge is 2.31. The lowest BCUT2D eigenvalue weighted by Crippen LogP contribution is -2.53. The number of ether oxygens (including phenoxy) is 2. The zero-order valence-corrected chi connectivity index (χ0v) is 20.7. The summed E-state index contributed by atoms with van der Waals surface area (Å²) in [7, 11) is 1.36. The molecule has 8 nitrogen and oxygen atoms in total. The fourth-order valence-corrected chi connectivity index (χ4v) is 4.24. The first-order chi connectivity index (χ1) is 16.6. The number of carbonyl (C=O) groups is 3. The van der Waals surface area contributed by atoms with Crippen LogP contribution in [0.25, 0.3) is 11.1 Å². The van der Waals surface area contributed by atoms with Crippen molar-refractivity contribution in [2.24, 2.45) is 5.41 Å². The monoisotopic (exact) mass is 482 g/mol. The van der Waals surface area contributed by atoms with E-state index < -0.39 is 30.1 Å². The van der Waals surface area contributed by atoms with Crippen molar-refractivity contribution in [3.05, 3.63) is 59.7 Å². The summed E-state index contributed by atoms with van der Waals surface area (Å²) < 4.78 is 10.5. The summed E-state index contributed by atoms with van der Waals surface area (Å²) in [4.78, 5) is 37.1. The standard InChI is InChI=1S/C27H34N2O6/c1-27(2,3)14-13-22(24(30)28-23(16-34-4)25(31)32)29-26(33)35-15-21-19-11-7-5-9-17(19)18-10-6-8-12-20(18)21/h5-12,21-23H,13-16H2,1-4H3,(H,28,30)(H,29,33)(H,31,32). The Kier molecular flexibility index (Phi) is 8.51. The largest absolute Gasteiger partial charge is 0.480 e. The van der Waals surface area contributed by atoms with E-state index in [-0.39, 0.29) is 24.5 Å². The lowest BCUT2D eigenvalue weighted by Gasteiger charge is -2.25. The third-order valence-electron chi connectivity index (χ3n) is 6.08. The summed E-state index contributed by atoms with van der Waals surface area (Å²) in [5, 5.41) is 14.4. The van der Waals surface area contributed by atoms with Crippen LogP contribution in [0.15, 0.2) is 48.5 Å². The molecule has 0 spiro atoms. The average molecular weight is 483 g/mol. The average Bonchev–Trinajstić information content (AvgIpc) is 3.13. The Morgan fingerprint density at radius 2 is 1.51 bits per heavy atom. The maximum absolute atomic E-state index is 12.9. The molecule has 0 bridgehead atoms. The second-order valence-electron chi connectivity index (χ2n) is 9.98. The number of hydrogen-bond acceptors (Lipinski definition) is 5. The number of carbonyl (C=O) groups excluding carboxylic acids is 2. The molecule has 35 heavy (non-hydrogen) atoms. The first-order valence-electron chi connectivity index (χ1n) is 11.7. The van der Waals surface area contributed by atoms with Gasteiger partial charge in [0, 0.05) is 13.0 Å². The SMILES string of the molecule is COCC(NC(=O)C(CCC(C)(C)C)NC(=O)OCC1c2ccccc2-c2ccccc21)C(=O)O. The lowest BCUT2D eigenvalue weighted by molar-refractivity contribution is -0.143. The molecule has 0 fully saturated rings. The van der Waals surface area contributed by atoms with Gasteiger partial charge in [-0.15, -0.1) is 0 Å². The van der Waals surface area contributed by atoms with E-state index in [4.69, 9.17) is 9.47 Å². The van der Waals surface area contributed by atoms with E-state index in [1.165, 1.54) is 7.11 Å². The summed E-state index contributed by atoms with van der Waals surface area (Å²) in [6, 6.07) is 13.9. The Bertz CT molecular complexity index is 1020. The highest BCUT2D eigenvalue weighted by Crippen LogP contribution is 2.44. The van der Waals surface area contributed by atoms with Gasteiger partial charge >= 0.3 is 12.1 Å². The van der Waals surface area contributed by atoms with Gasteiger partial charge < -0.3 is 25.2 Å². The van der Waals surface area contributed by atoms with Crippen molar-refractivity contribution in [2.45, 2.75) is 51.6 Å². The van der Waals surface area contributed by atoms with Crippen LogP contribution in [0.1, 0.15) is 50.7 Å². The number of hydrogen-bond donors (Lipinski definition) is 3. The van der Waals surface area contributed by atoms with Gasteiger partial charge in [0.1, 0.15) is 12.6 Å². The number of aliphatic carboxylic acids is 1. The minimum atomic E-state index is -1.21. The zero-order valence-electron chi connectivity index (χ0n) is 20.7. The fraction of sp³-hybridized carbons (Fsp3) is 0.444. The number of alkyl carbamates (subject to hydrolysis) is 1. The molecule has 2 unspecified atom stereocenters. The topological polar surface area (TPSA) is 114 Å². The molecule has 1 aliphatic rings. The first kappa shape index (κ1) is 26.2. The highest BCUT2D eigenvalue weighted by molar-refractivity contribution is 5.89. The molecule has 2 aromatic rings. The minimum Gasteiger partial charge on any atom is -0.480 e. The summed E-state index contributed by atoms with van der Waals surface area (Å²) in [5.41, 5.74) is 4.34. The molecule has 0 saturated carbocycles. The molecule has 1 aliphatic carbocycles. The quantitative estimate of drug-likeness (QED) is 0.473. The van der Waals surface area contributed by atoms with Crippen LogP contribution in [-0.4, -0.2) is 55.5 Å². The van der Waals surface area contributed by atoms with Gasteiger partial charge in [0.25, 0.3) is 0 Å². The second-order valence-corrected chi connectivity index (χ2v) is 9.98. The Morgan fingerprint density at radius 3 is 2.03 bits per heavy atom. The lowest BCUT2D eigenvalue weighted by atomic mass is 9.88. The summed E-state index contributed by atoms with van der Waals surface area (Å²) in [6.07, 6.45) is 0.245. The van der Waals surface area contributed by atoms with Crippen molar-refractivity contribution < 1.29 is 29.0 Å². The van der Waals surface area contributed by atoms with Crippen molar-refractivity contribution in [1.82, 2.24) is 10.6 Å². The Morgan fingerprint density at radius 1 is 0.943 bits per heavy atom. The van der Waals surface area contributed by atoms with Crippen molar-refractivity contribution in [2.75, 3.05) is 20.3 Å². The third-order valence-corrected chi connectivity index (χ3v) is 6.08. The number of rotatable bonds is 10. The van der Waals surface area contributed by atoms with E-state index in [9.17, 15) is 19.5 Å². The molecule has 188 valence electrons. The van der Waals surface area contributed by atoms with E-state index in [0.29, 0.717) is 12.8 Å². The molecule has 0 saturated heterocycles. The smallest absolute Gasteiger partial charge is 0.407 e. The number of nitrogens with one attached hydrogen (secondary N) is 2. The van der Waals surface area contributed by atoms with Crippen molar-refractivity contribution >= 4 is 18.0 Å². The van der Waals surface area contributed by atoms with E-state index in [1.54, 1.807) is 0 Å². The van der Waals surface area contributed by atoms with Crippen LogP contribution < -0.4 is 10.6 Å². The molecule has 3 rings (SSSR count). The van der Waals surface area contributed by atoms with E-state index in [2.05, 4.69) is 22.8 Å². The molecule has 2 atom stereocenters. The number of carboxylic acids is 1. The van der Waals surface area contributed by atoms with Crippen LogP contribution in [0.2, 0.25) is 0 Å². The number of benzene rings is 2. The molecule has 2 amide bonds. The van der Waals surface area contributed by atoms with Gasteiger partial charge in [-0.3, -0.25) is 4.79 Å². The summed E-state index contributed by atoms with van der Waals surface area (Å²) >= 11 is 0. The Labute approximate surface area is 206 Å². The van der Waals surface area contributed by atoms with Crippen molar-refractivity contribution in [3.63, 3.8) is 0 Å². The van der Waals surface area contributed by atoms with Crippen LogP contribution in [0.4, 0.5) is 4.79 Å². The molecule has 8 heteroatoms. The van der Waals surface area contributed by atoms with Crippen LogP contribution in [-0.2, 0) is 19.1 Å². The molecule has 2 aromatic carbocycles. The minimum absolute atomic E-state index is 0.0832. The Hall–Kier alpha value is -3.39. The summed E-state index contributed by atoms with van der Waals surface area (Å²) in [6.45, 7) is 6.02. The zero-order chi connectivity index (χ0) is 25.6. The predicted molar refractivity (Wildman–Crippen MR) is 132 cm³/mol. The normalized spacial score (nSPS) is 14.4. The fourth-order valence-electron chi connectivity index (χ4n) is 4.24. The summed E-state index contributed by atoms with van der Waals surface area (Å²) in [5.74, 6) is -1.91. The van der Waals surface area contributed by atoms with E-state index in [0.717, 1.165) is 22.3 Å². The van der Waals surface area contributed by atoms with Crippen molar-refractivity contribution in [1.29, 1.82) is 0 Å². The van der Waals surface area contributed by atoms with Crippen LogP contribution in [0, 0.1) is 5.41 Å². The molecular weight excluding hydrogens is 448 g/mol. The van der Waals surface area contributed by atoms with E-state index >= 15 is 0 Å². The first-order valence-corrected chi connectivity index (χ1v) is 11.7. The molecule has 0 aliphatic heterocycles. The molecule has 0 radical (unpaired) electrons. The van der Waals surface area contributed by atoms with Gasteiger partial charge in [-0.05, 0) is 40.5 Å². The van der Waals surface area contributed by atoms with Crippen molar-refractivity contribution in [3.8, 4) is 11.1 Å². The van der Waals surface area contributed by atoms with E-state index in [1.807, 2.05) is 57.2 Å². The number of fused-ring (bicyclic) bond motifs is 3. The Balaban J connectivity index is 1.68. The number of amides is 2. The molecule has 3 N–H and O–H groups in total. The number of carboxylic acid groups (broad SMARTS) is 1. The van der Waals surface area contributed by atoms with Crippen LogP contribution >= 0.6 is 0 Å². The second kappa shape index (κ2) is 11.4. The van der Waals surface area contributed by atoms with Gasteiger partial charge in [0.05, 0.1) is 6.61 Å². The van der Waals surface area contributed by atoms with Gasteiger partial charge in [0.2, 0.25) is 5.91 Å². The number of methoxy groups -OCH3 is 1. The maximum atomic E-state index is 12.9. The predicted octanol–water partition coefficient (Wildman–Crippen LogP) is 3.94. The van der Waals surface area contributed by atoms with Gasteiger partial charge in [0.15, 0.2) is 6.04 Å². The third kappa shape index (κ3) is 6.82. The van der Waals surface area contributed by atoms with Crippen LogP contribution in [0.3, 0.4) is 0 Å².